The Kier molecular flexibility index (Phi) is 7.51. The second-order valence-corrected chi connectivity index (χ2v) is 10.9. The van der Waals surface area contributed by atoms with E-state index in [2.05, 4.69) is 21.8 Å². The van der Waals surface area contributed by atoms with Gasteiger partial charge in [0.25, 0.3) is 5.56 Å². The molecule has 4 rings (SSSR count). The molecule has 9 nitrogen and oxygen atoms in total. The number of ether oxygens (including phenoxy) is 1. The molecule has 0 spiro atoms. The van der Waals surface area contributed by atoms with Crippen LogP contribution in [0.2, 0.25) is 0 Å². The third-order valence-corrected chi connectivity index (χ3v) is 7.87. The van der Waals surface area contributed by atoms with Crippen molar-refractivity contribution >= 4 is 16.0 Å². The molecule has 1 aliphatic rings. The summed E-state index contributed by atoms with van der Waals surface area (Å²) in [6, 6.07) is 9.45. The minimum absolute atomic E-state index is 0.0105. The third kappa shape index (κ3) is 5.71. The highest BCUT2D eigenvalue weighted by molar-refractivity contribution is 7.89. The van der Waals surface area contributed by atoms with Crippen LogP contribution in [0, 0.1) is 0 Å². The molecule has 186 valence electrons. The highest BCUT2D eigenvalue weighted by Gasteiger charge is 2.22. The summed E-state index contributed by atoms with van der Waals surface area (Å²) in [6.07, 6.45) is 9.14. The minimum Gasteiger partial charge on any atom is -0.490 e. The van der Waals surface area contributed by atoms with Crippen LogP contribution in [0.25, 0.3) is 5.69 Å². The van der Waals surface area contributed by atoms with Crippen molar-refractivity contribution in [1.29, 1.82) is 0 Å². The van der Waals surface area contributed by atoms with Crippen LogP contribution in [0.15, 0.2) is 64.7 Å². The largest absolute Gasteiger partial charge is 0.490 e. The predicted molar refractivity (Wildman–Crippen MR) is 135 cm³/mol. The van der Waals surface area contributed by atoms with Crippen molar-refractivity contribution in [1.82, 2.24) is 18.8 Å². The monoisotopic (exact) mass is 497 g/mol. The van der Waals surface area contributed by atoms with Gasteiger partial charge >= 0.3 is 0 Å². The van der Waals surface area contributed by atoms with E-state index in [0.29, 0.717) is 11.4 Å². The SMILES string of the molecule is CCCc1cnc(N2CCC(Oc3ccn(-c4ccc(S(=O)(=O)N(C)C)cc4)c(=O)c3)CC2)nc1. The zero-order valence-electron chi connectivity index (χ0n) is 20.3. The first-order valence-corrected chi connectivity index (χ1v) is 13.2. The van der Waals surface area contributed by atoms with Gasteiger partial charge in [-0.25, -0.2) is 22.7 Å². The standard InChI is InChI=1S/C25H31N5O4S/c1-4-5-19-17-26-25(27-18-19)29-13-10-21(11-14-29)34-22-12-15-30(24(31)16-22)20-6-8-23(9-7-20)35(32,33)28(2)3/h6-9,12,15-18,21H,4-5,10-11,13-14H2,1-3H3. The summed E-state index contributed by atoms with van der Waals surface area (Å²) >= 11 is 0. The van der Waals surface area contributed by atoms with Crippen LogP contribution in [0.4, 0.5) is 5.95 Å². The summed E-state index contributed by atoms with van der Waals surface area (Å²) in [7, 11) is -0.559. The van der Waals surface area contributed by atoms with Gasteiger partial charge in [0.15, 0.2) is 0 Å². The molecular formula is C25H31N5O4S. The maximum atomic E-state index is 12.7. The van der Waals surface area contributed by atoms with Gasteiger partial charge < -0.3 is 9.64 Å². The maximum Gasteiger partial charge on any atom is 0.258 e. The summed E-state index contributed by atoms with van der Waals surface area (Å²) in [4.78, 5) is 24.1. The van der Waals surface area contributed by atoms with E-state index in [1.54, 1.807) is 24.4 Å². The first-order valence-electron chi connectivity index (χ1n) is 11.8. The molecule has 0 N–H and O–H groups in total. The number of aryl methyl sites for hydroxylation is 1. The van der Waals surface area contributed by atoms with Gasteiger partial charge in [-0.2, -0.15) is 0 Å². The molecule has 0 radical (unpaired) electrons. The smallest absolute Gasteiger partial charge is 0.258 e. The first kappa shape index (κ1) is 24.9. The van der Waals surface area contributed by atoms with Crippen molar-refractivity contribution in [2.75, 3.05) is 32.1 Å². The van der Waals surface area contributed by atoms with Crippen LogP contribution in [0.3, 0.4) is 0 Å². The van der Waals surface area contributed by atoms with Gasteiger partial charge in [-0.05, 0) is 42.3 Å². The van der Waals surface area contributed by atoms with E-state index in [0.717, 1.165) is 54.6 Å². The molecule has 3 aromatic rings. The predicted octanol–water partition coefficient (Wildman–Crippen LogP) is 2.88. The van der Waals surface area contributed by atoms with Crippen LogP contribution in [0.1, 0.15) is 31.7 Å². The number of pyridine rings is 1. The Balaban J connectivity index is 1.37. The lowest BCUT2D eigenvalue weighted by atomic mass is 10.1. The van der Waals surface area contributed by atoms with Crippen molar-refractivity contribution in [3.05, 3.63) is 70.9 Å². The van der Waals surface area contributed by atoms with E-state index in [1.807, 2.05) is 12.4 Å². The Bertz CT molecular complexity index is 1300. The lowest BCUT2D eigenvalue weighted by Gasteiger charge is -2.32. The second kappa shape index (κ2) is 10.6. The van der Waals surface area contributed by atoms with E-state index in [9.17, 15) is 13.2 Å². The van der Waals surface area contributed by atoms with Crippen LogP contribution in [0.5, 0.6) is 5.75 Å². The number of piperidine rings is 1. The van der Waals surface area contributed by atoms with E-state index < -0.39 is 10.0 Å². The topological polar surface area (TPSA) is 97.6 Å². The molecule has 10 heteroatoms. The average Bonchev–Trinajstić information content (AvgIpc) is 2.85. The molecule has 1 aliphatic heterocycles. The number of nitrogens with zero attached hydrogens (tertiary/aromatic N) is 5. The number of sulfonamides is 1. The second-order valence-electron chi connectivity index (χ2n) is 8.80. The third-order valence-electron chi connectivity index (χ3n) is 6.04. The van der Waals surface area contributed by atoms with E-state index in [-0.39, 0.29) is 16.6 Å². The lowest BCUT2D eigenvalue weighted by molar-refractivity contribution is 0.170. The number of anilines is 1. The van der Waals surface area contributed by atoms with Gasteiger partial charge in [0.2, 0.25) is 16.0 Å². The van der Waals surface area contributed by atoms with E-state index in [1.165, 1.54) is 36.9 Å². The van der Waals surface area contributed by atoms with Gasteiger partial charge in [-0.1, -0.05) is 13.3 Å². The number of benzene rings is 1. The van der Waals surface area contributed by atoms with Gasteiger partial charge in [0.1, 0.15) is 11.9 Å². The number of hydrogen-bond donors (Lipinski definition) is 0. The summed E-state index contributed by atoms with van der Waals surface area (Å²) in [6.45, 7) is 3.72. The van der Waals surface area contributed by atoms with Crippen LogP contribution in [-0.4, -0.2) is 60.5 Å². The average molecular weight is 498 g/mol. The molecule has 0 amide bonds. The van der Waals surface area contributed by atoms with Crippen molar-refractivity contribution in [2.24, 2.45) is 0 Å². The molecule has 2 aromatic heterocycles. The molecule has 1 saturated heterocycles. The summed E-state index contributed by atoms with van der Waals surface area (Å²) in [5.41, 5.74) is 1.49. The zero-order valence-corrected chi connectivity index (χ0v) is 21.1. The Morgan fingerprint density at radius 3 is 2.29 bits per heavy atom. The van der Waals surface area contributed by atoms with Crippen molar-refractivity contribution < 1.29 is 13.2 Å². The molecule has 1 fully saturated rings. The molecule has 0 unspecified atom stereocenters. The van der Waals surface area contributed by atoms with Gasteiger partial charge in [-0.3, -0.25) is 9.36 Å². The normalized spacial score (nSPS) is 14.9. The highest BCUT2D eigenvalue weighted by atomic mass is 32.2. The summed E-state index contributed by atoms with van der Waals surface area (Å²) < 4.78 is 33.2. The molecule has 0 bridgehead atoms. The summed E-state index contributed by atoms with van der Waals surface area (Å²) in [5, 5.41) is 0. The quantitative estimate of drug-likeness (QED) is 0.472. The fraction of sp³-hybridized carbons (Fsp3) is 0.400. The molecule has 35 heavy (non-hydrogen) atoms. The molecule has 0 aliphatic carbocycles. The number of hydrogen-bond acceptors (Lipinski definition) is 7. The van der Waals surface area contributed by atoms with E-state index in [4.69, 9.17) is 4.74 Å². The van der Waals surface area contributed by atoms with Crippen LogP contribution in [-0.2, 0) is 16.4 Å². The number of rotatable bonds is 8. The van der Waals surface area contributed by atoms with Crippen molar-refractivity contribution in [3.63, 3.8) is 0 Å². The van der Waals surface area contributed by atoms with Gasteiger partial charge in [-0.15, -0.1) is 0 Å². The molecular weight excluding hydrogens is 466 g/mol. The maximum absolute atomic E-state index is 12.7. The lowest BCUT2D eigenvalue weighted by Crippen LogP contribution is -2.39. The van der Waals surface area contributed by atoms with E-state index >= 15 is 0 Å². The Hall–Kier alpha value is -3.24. The van der Waals surface area contributed by atoms with Gasteiger partial charge in [0, 0.05) is 70.4 Å². The summed E-state index contributed by atoms with van der Waals surface area (Å²) in [5.74, 6) is 1.27. The Morgan fingerprint density at radius 2 is 1.71 bits per heavy atom. The molecule has 0 saturated carbocycles. The fourth-order valence-corrected chi connectivity index (χ4v) is 4.93. The van der Waals surface area contributed by atoms with Crippen LogP contribution < -0.4 is 15.2 Å². The highest BCUT2D eigenvalue weighted by Crippen LogP contribution is 2.21. The van der Waals surface area contributed by atoms with Crippen molar-refractivity contribution in [3.8, 4) is 11.4 Å². The van der Waals surface area contributed by atoms with Crippen LogP contribution >= 0.6 is 0 Å². The van der Waals surface area contributed by atoms with Gasteiger partial charge in [0.05, 0.1) is 4.90 Å². The molecule has 0 atom stereocenters. The molecule has 3 heterocycles. The first-order chi connectivity index (χ1) is 16.8. The Morgan fingerprint density at radius 1 is 1.06 bits per heavy atom. The number of aromatic nitrogens is 3. The van der Waals surface area contributed by atoms with Crippen molar-refractivity contribution in [2.45, 2.75) is 43.6 Å². The fourth-order valence-electron chi connectivity index (χ4n) is 4.03. The molecule has 1 aromatic carbocycles. The minimum atomic E-state index is -3.52. The zero-order chi connectivity index (χ0) is 25.0. The Labute approximate surface area is 206 Å².